The predicted molar refractivity (Wildman–Crippen MR) is 113 cm³/mol. The van der Waals surface area contributed by atoms with Crippen molar-refractivity contribution in [1.29, 1.82) is 0 Å². The van der Waals surface area contributed by atoms with E-state index in [1.807, 2.05) is 48.7 Å². The van der Waals surface area contributed by atoms with Crippen molar-refractivity contribution < 1.29 is 22.8 Å². The fourth-order valence-corrected chi connectivity index (χ4v) is 3.14. The number of Topliss-reactive ketones (excluding diaryl/α,β-unsaturated/α-hetero) is 1. The molecule has 0 aliphatic rings. The van der Waals surface area contributed by atoms with Gasteiger partial charge in [-0.3, -0.25) is 9.20 Å². The molecule has 3 rings (SSSR count). The van der Waals surface area contributed by atoms with Crippen molar-refractivity contribution in [1.82, 2.24) is 9.38 Å². The van der Waals surface area contributed by atoms with Crippen molar-refractivity contribution in [2.75, 3.05) is 6.61 Å². The highest BCUT2D eigenvalue weighted by Crippen LogP contribution is 2.24. The standard InChI is InChI=1S/C23H24F3N3O2/c1-3-11-31-28-16(2)18-8-10-29-21(15-27-22(29)14-18)19-6-4-5-17(12-19)13-20(30)7-9-23(24,25)26/h4-6,8,10,12,14-15H,3,7,9,11,13H2,1-2H3/b28-16+. The first kappa shape index (κ1) is 22.5. The van der Waals surface area contributed by atoms with Crippen molar-refractivity contribution in [2.24, 2.45) is 5.16 Å². The van der Waals surface area contributed by atoms with E-state index < -0.39 is 24.8 Å². The van der Waals surface area contributed by atoms with Crippen LogP contribution in [0.25, 0.3) is 16.9 Å². The zero-order valence-electron chi connectivity index (χ0n) is 17.4. The minimum Gasteiger partial charge on any atom is -0.396 e. The molecule has 0 unspecified atom stereocenters. The summed E-state index contributed by atoms with van der Waals surface area (Å²) in [4.78, 5) is 21.6. The first-order chi connectivity index (χ1) is 14.8. The summed E-state index contributed by atoms with van der Waals surface area (Å²) >= 11 is 0. The lowest BCUT2D eigenvalue weighted by Gasteiger charge is -2.08. The molecule has 0 saturated heterocycles. The van der Waals surface area contributed by atoms with Gasteiger partial charge in [-0.2, -0.15) is 13.2 Å². The normalized spacial score (nSPS) is 12.4. The maximum atomic E-state index is 12.3. The molecular weight excluding hydrogens is 407 g/mol. The van der Waals surface area contributed by atoms with Crippen LogP contribution < -0.4 is 0 Å². The molecule has 0 atom stereocenters. The van der Waals surface area contributed by atoms with Crippen molar-refractivity contribution >= 4 is 17.1 Å². The molecule has 0 aliphatic heterocycles. The molecule has 1 aromatic carbocycles. The molecule has 8 heteroatoms. The molecule has 3 aromatic rings. The van der Waals surface area contributed by atoms with Gasteiger partial charge in [-0.15, -0.1) is 0 Å². The summed E-state index contributed by atoms with van der Waals surface area (Å²) in [6.45, 7) is 4.43. The Morgan fingerprint density at radius 1 is 1.23 bits per heavy atom. The summed E-state index contributed by atoms with van der Waals surface area (Å²) in [7, 11) is 0. The molecule has 0 saturated carbocycles. The minimum absolute atomic E-state index is 0.0295. The van der Waals surface area contributed by atoms with Crippen LogP contribution in [0.1, 0.15) is 44.2 Å². The van der Waals surface area contributed by atoms with Gasteiger partial charge >= 0.3 is 6.18 Å². The minimum atomic E-state index is -4.32. The van der Waals surface area contributed by atoms with Gasteiger partial charge in [0.25, 0.3) is 0 Å². The topological polar surface area (TPSA) is 56.0 Å². The van der Waals surface area contributed by atoms with E-state index in [2.05, 4.69) is 10.1 Å². The van der Waals surface area contributed by atoms with Gasteiger partial charge in [0.05, 0.1) is 24.0 Å². The van der Waals surface area contributed by atoms with Gasteiger partial charge in [-0.25, -0.2) is 4.98 Å². The SMILES string of the molecule is CCCO/N=C(\C)c1ccn2c(-c3cccc(CC(=O)CCC(F)(F)F)c3)cnc2c1. The molecule has 2 aromatic heterocycles. The third-order valence-corrected chi connectivity index (χ3v) is 4.74. The summed E-state index contributed by atoms with van der Waals surface area (Å²) in [6.07, 6.45) is -1.46. The summed E-state index contributed by atoms with van der Waals surface area (Å²) in [5, 5.41) is 4.10. The van der Waals surface area contributed by atoms with Gasteiger partial charge < -0.3 is 4.84 Å². The first-order valence-corrected chi connectivity index (χ1v) is 10.1. The second-order valence-corrected chi connectivity index (χ2v) is 7.33. The van der Waals surface area contributed by atoms with Crippen LogP contribution in [0.3, 0.4) is 0 Å². The maximum absolute atomic E-state index is 12.3. The first-order valence-electron chi connectivity index (χ1n) is 10.1. The van der Waals surface area contributed by atoms with Gasteiger partial charge in [0.1, 0.15) is 18.0 Å². The Morgan fingerprint density at radius 3 is 2.77 bits per heavy atom. The number of rotatable bonds is 9. The van der Waals surface area contributed by atoms with E-state index in [1.54, 1.807) is 18.3 Å². The molecule has 0 radical (unpaired) electrons. The summed E-state index contributed by atoms with van der Waals surface area (Å²) in [5.74, 6) is -0.433. The number of carbonyl (C=O) groups excluding carboxylic acids is 1. The van der Waals surface area contributed by atoms with Crippen LogP contribution in [-0.2, 0) is 16.1 Å². The largest absolute Gasteiger partial charge is 0.396 e. The summed E-state index contributed by atoms with van der Waals surface area (Å²) in [5.41, 5.74) is 4.70. The Bertz CT molecular complexity index is 1090. The zero-order valence-corrected chi connectivity index (χ0v) is 17.4. The maximum Gasteiger partial charge on any atom is 0.389 e. The third kappa shape index (κ3) is 6.16. The molecule has 31 heavy (non-hydrogen) atoms. The number of benzene rings is 1. The van der Waals surface area contributed by atoms with Gasteiger partial charge in [0, 0.05) is 30.2 Å². The Labute approximate surface area is 178 Å². The van der Waals surface area contributed by atoms with Crippen molar-refractivity contribution in [3.63, 3.8) is 0 Å². The van der Waals surface area contributed by atoms with Crippen LogP contribution in [0.2, 0.25) is 0 Å². The average molecular weight is 431 g/mol. The molecule has 0 fully saturated rings. The molecule has 0 aliphatic carbocycles. The number of imidazole rings is 1. The number of alkyl halides is 3. The number of carbonyl (C=O) groups is 1. The van der Waals surface area contributed by atoms with E-state index >= 15 is 0 Å². The smallest absolute Gasteiger partial charge is 0.389 e. The van der Waals surface area contributed by atoms with Gasteiger partial charge in [-0.05, 0) is 37.1 Å². The van der Waals surface area contributed by atoms with Crippen LogP contribution in [0.4, 0.5) is 13.2 Å². The molecule has 5 nitrogen and oxygen atoms in total. The highest BCUT2D eigenvalue weighted by molar-refractivity contribution is 5.99. The molecule has 0 bridgehead atoms. The van der Waals surface area contributed by atoms with E-state index in [-0.39, 0.29) is 6.42 Å². The van der Waals surface area contributed by atoms with Crippen LogP contribution in [0.15, 0.2) is 53.9 Å². The molecule has 0 N–H and O–H groups in total. The van der Waals surface area contributed by atoms with Gasteiger partial charge in [-0.1, -0.05) is 30.3 Å². The monoisotopic (exact) mass is 431 g/mol. The number of pyridine rings is 1. The molecule has 0 spiro atoms. The number of halogens is 3. The number of ketones is 1. The molecular formula is C23H24F3N3O2. The van der Waals surface area contributed by atoms with E-state index in [1.165, 1.54) is 0 Å². The number of fused-ring (bicyclic) bond motifs is 1. The van der Waals surface area contributed by atoms with E-state index in [0.717, 1.165) is 34.6 Å². The predicted octanol–water partition coefficient (Wildman–Crippen LogP) is 5.61. The number of oxime groups is 1. The zero-order chi connectivity index (χ0) is 22.4. The lowest BCUT2D eigenvalue weighted by atomic mass is 10.0. The number of aromatic nitrogens is 2. The van der Waals surface area contributed by atoms with Crippen molar-refractivity contribution in [3.05, 3.63) is 59.9 Å². The van der Waals surface area contributed by atoms with Crippen molar-refractivity contribution in [2.45, 2.75) is 45.7 Å². The van der Waals surface area contributed by atoms with Crippen LogP contribution in [0.5, 0.6) is 0 Å². The summed E-state index contributed by atoms with van der Waals surface area (Å²) in [6, 6.07) is 11.0. The second-order valence-electron chi connectivity index (χ2n) is 7.33. The van der Waals surface area contributed by atoms with Crippen LogP contribution in [-0.4, -0.2) is 33.7 Å². The molecule has 164 valence electrons. The Hall–Kier alpha value is -3.16. The lowest BCUT2D eigenvalue weighted by molar-refractivity contribution is -0.143. The number of nitrogens with zero attached hydrogens (tertiary/aromatic N) is 3. The van der Waals surface area contributed by atoms with E-state index in [9.17, 15) is 18.0 Å². The Balaban J connectivity index is 1.78. The van der Waals surface area contributed by atoms with Gasteiger partial charge in [0.15, 0.2) is 0 Å². The van der Waals surface area contributed by atoms with Gasteiger partial charge in [0.2, 0.25) is 0 Å². The van der Waals surface area contributed by atoms with E-state index in [0.29, 0.717) is 12.2 Å². The second kappa shape index (κ2) is 9.76. The number of hydrogen-bond acceptors (Lipinski definition) is 4. The average Bonchev–Trinajstić information content (AvgIpc) is 3.15. The van der Waals surface area contributed by atoms with E-state index in [4.69, 9.17) is 4.84 Å². The summed E-state index contributed by atoms with van der Waals surface area (Å²) < 4.78 is 38.9. The van der Waals surface area contributed by atoms with Crippen LogP contribution in [0, 0.1) is 0 Å². The molecule has 2 heterocycles. The lowest BCUT2D eigenvalue weighted by Crippen LogP contribution is -2.12. The highest BCUT2D eigenvalue weighted by atomic mass is 19.4. The highest BCUT2D eigenvalue weighted by Gasteiger charge is 2.27. The Kier molecular flexibility index (Phi) is 7.09. The van der Waals surface area contributed by atoms with Crippen LogP contribution >= 0.6 is 0 Å². The number of hydrogen-bond donors (Lipinski definition) is 0. The third-order valence-electron chi connectivity index (χ3n) is 4.74. The Morgan fingerprint density at radius 2 is 2.03 bits per heavy atom. The fourth-order valence-electron chi connectivity index (χ4n) is 3.14. The quantitative estimate of drug-likeness (QED) is 0.252. The fraction of sp³-hybridized carbons (Fsp3) is 0.348. The molecule has 0 amide bonds. The van der Waals surface area contributed by atoms with Crippen molar-refractivity contribution in [3.8, 4) is 11.3 Å².